The molecular weight excluding hydrogens is 474 g/mol. The Hall–Kier alpha value is -1.91. The molecule has 1 aliphatic heterocycles. The molecule has 0 saturated carbocycles. The molecule has 28 heavy (non-hydrogen) atoms. The number of nitrogens with one attached hydrogen (secondary N) is 2. The number of nitrogens with zero attached hydrogens (tertiary/aromatic N) is 4. The van der Waals surface area contributed by atoms with Gasteiger partial charge in [-0.1, -0.05) is 12.1 Å². The van der Waals surface area contributed by atoms with Crippen molar-refractivity contribution in [2.75, 3.05) is 26.2 Å². The van der Waals surface area contributed by atoms with E-state index in [1.165, 1.54) is 6.07 Å². The van der Waals surface area contributed by atoms with Crippen molar-refractivity contribution in [2.45, 2.75) is 38.7 Å². The molecule has 0 radical (unpaired) electrons. The number of rotatable bonds is 6. The molecule has 1 unspecified atom stereocenters. The Kier molecular flexibility index (Phi) is 8.94. The molecule has 9 heteroatoms. The molecule has 2 N–H and O–H groups in total. The minimum absolute atomic E-state index is 0. The van der Waals surface area contributed by atoms with Gasteiger partial charge in [0.05, 0.1) is 6.54 Å². The van der Waals surface area contributed by atoms with Gasteiger partial charge in [0.2, 0.25) is 0 Å². The molecule has 7 nitrogen and oxygen atoms in total. The molecule has 0 bridgehead atoms. The predicted molar refractivity (Wildman–Crippen MR) is 118 cm³/mol. The third-order valence-electron chi connectivity index (χ3n) is 4.61. The Balaban J connectivity index is 0.00000280. The summed E-state index contributed by atoms with van der Waals surface area (Å²) in [6.45, 7) is 7.01. The van der Waals surface area contributed by atoms with Crippen LogP contribution >= 0.6 is 24.0 Å². The fraction of sp³-hybridized carbons (Fsp3) is 0.526. The van der Waals surface area contributed by atoms with E-state index in [0.29, 0.717) is 12.5 Å². The number of piperidine rings is 1. The largest absolute Gasteiger partial charge is 0.486 e. The second-order valence-corrected chi connectivity index (χ2v) is 6.69. The first kappa shape index (κ1) is 22.4. The summed E-state index contributed by atoms with van der Waals surface area (Å²) in [4.78, 5) is 11.2. The van der Waals surface area contributed by atoms with E-state index in [2.05, 4.69) is 32.3 Å². The quantitative estimate of drug-likeness (QED) is 0.361. The first-order valence-electron chi connectivity index (χ1n) is 9.47. The van der Waals surface area contributed by atoms with Crippen molar-refractivity contribution in [3.63, 3.8) is 0 Å². The molecule has 1 aliphatic rings. The first-order valence-corrected chi connectivity index (χ1v) is 9.47. The van der Waals surface area contributed by atoms with Crippen LogP contribution in [-0.4, -0.2) is 58.3 Å². The van der Waals surface area contributed by atoms with E-state index in [1.807, 2.05) is 6.92 Å². The third-order valence-corrected chi connectivity index (χ3v) is 4.61. The van der Waals surface area contributed by atoms with Crippen molar-refractivity contribution in [1.29, 1.82) is 0 Å². The molecule has 1 atom stereocenters. The van der Waals surface area contributed by atoms with Crippen LogP contribution in [0.2, 0.25) is 0 Å². The van der Waals surface area contributed by atoms with Crippen LogP contribution < -0.4 is 10.1 Å². The van der Waals surface area contributed by atoms with Gasteiger partial charge in [-0.3, -0.25) is 5.10 Å². The van der Waals surface area contributed by atoms with Gasteiger partial charge >= 0.3 is 0 Å². The standard InChI is InChI=1S/C19H27FN6O.HI/c1-3-21-19(22-12-14(2)27-17-7-5-4-6-16(17)20)26-10-8-15(9-11-26)18-23-13-24-25-18;/h4-7,13-15H,3,8-12H2,1-2H3,(H,21,22)(H,23,24,25);1H. The number of hydrogen-bond acceptors (Lipinski definition) is 4. The smallest absolute Gasteiger partial charge is 0.194 e. The highest BCUT2D eigenvalue weighted by atomic mass is 127. The number of benzene rings is 1. The summed E-state index contributed by atoms with van der Waals surface area (Å²) >= 11 is 0. The summed E-state index contributed by atoms with van der Waals surface area (Å²) in [5.74, 6) is 2.16. The zero-order valence-electron chi connectivity index (χ0n) is 16.3. The van der Waals surface area contributed by atoms with Gasteiger partial charge in [0.15, 0.2) is 17.5 Å². The first-order chi connectivity index (χ1) is 13.2. The highest BCUT2D eigenvalue weighted by Gasteiger charge is 2.24. The fourth-order valence-corrected chi connectivity index (χ4v) is 3.21. The predicted octanol–water partition coefficient (Wildman–Crippen LogP) is 3.17. The number of para-hydroxylation sites is 1. The van der Waals surface area contributed by atoms with Crippen LogP contribution in [0.1, 0.15) is 38.4 Å². The minimum Gasteiger partial charge on any atom is -0.486 e. The van der Waals surface area contributed by atoms with E-state index < -0.39 is 0 Å². The third kappa shape index (κ3) is 6.05. The minimum atomic E-state index is -0.352. The van der Waals surface area contributed by atoms with Gasteiger partial charge in [-0.25, -0.2) is 14.4 Å². The molecular formula is C19H28FIN6O. The summed E-state index contributed by atoms with van der Waals surface area (Å²) in [5, 5.41) is 10.3. The highest BCUT2D eigenvalue weighted by Crippen LogP contribution is 2.25. The Labute approximate surface area is 182 Å². The number of ether oxygens (including phenoxy) is 1. The Morgan fingerprint density at radius 1 is 1.39 bits per heavy atom. The molecule has 2 aromatic rings. The average Bonchev–Trinajstić information content (AvgIpc) is 3.22. The lowest BCUT2D eigenvalue weighted by atomic mass is 9.96. The lowest BCUT2D eigenvalue weighted by Crippen LogP contribution is -2.45. The lowest BCUT2D eigenvalue weighted by Gasteiger charge is -2.33. The van der Waals surface area contributed by atoms with Gasteiger partial charge in [-0.05, 0) is 38.8 Å². The number of H-pyrrole nitrogens is 1. The molecule has 0 amide bonds. The van der Waals surface area contributed by atoms with E-state index >= 15 is 0 Å². The maximum absolute atomic E-state index is 13.7. The van der Waals surface area contributed by atoms with E-state index in [-0.39, 0.29) is 41.6 Å². The van der Waals surface area contributed by atoms with E-state index in [1.54, 1.807) is 24.5 Å². The number of aliphatic imine (C=N–C) groups is 1. The maximum atomic E-state index is 13.7. The Morgan fingerprint density at radius 2 is 2.14 bits per heavy atom. The van der Waals surface area contributed by atoms with Gasteiger partial charge in [0.1, 0.15) is 18.3 Å². The van der Waals surface area contributed by atoms with E-state index in [0.717, 1.165) is 44.3 Å². The summed E-state index contributed by atoms with van der Waals surface area (Å²) in [6, 6.07) is 6.44. The summed E-state index contributed by atoms with van der Waals surface area (Å²) < 4.78 is 19.4. The zero-order chi connectivity index (χ0) is 19.1. The lowest BCUT2D eigenvalue weighted by molar-refractivity contribution is 0.218. The highest BCUT2D eigenvalue weighted by molar-refractivity contribution is 14.0. The molecule has 0 aliphatic carbocycles. The molecule has 1 saturated heterocycles. The second-order valence-electron chi connectivity index (χ2n) is 6.69. The van der Waals surface area contributed by atoms with Crippen LogP contribution in [0.15, 0.2) is 35.6 Å². The van der Waals surface area contributed by atoms with Crippen molar-refractivity contribution in [3.8, 4) is 5.75 Å². The second kappa shape index (κ2) is 11.2. The summed E-state index contributed by atoms with van der Waals surface area (Å²) in [5.41, 5.74) is 0. The Bertz CT molecular complexity index is 734. The molecule has 1 aromatic carbocycles. The van der Waals surface area contributed by atoms with E-state index in [4.69, 9.17) is 9.73 Å². The number of guanidine groups is 1. The molecule has 0 spiro atoms. The summed E-state index contributed by atoms with van der Waals surface area (Å²) in [6.07, 6.45) is 3.34. The number of hydrogen-bond donors (Lipinski definition) is 2. The van der Waals surface area contributed by atoms with Gasteiger partial charge in [0.25, 0.3) is 0 Å². The van der Waals surface area contributed by atoms with Crippen LogP contribution in [0.25, 0.3) is 0 Å². The molecule has 1 fully saturated rings. The van der Waals surface area contributed by atoms with Crippen molar-refractivity contribution >= 4 is 29.9 Å². The topological polar surface area (TPSA) is 78.4 Å². The molecule has 3 rings (SSSR count). The van der Waals surface area contributed by atoms with Crippen molar-refractivity contribution < 1.29 is 9.13 Å². The average molecular weight is 502 g/mol. The molecule has 1 aromatic heterocycles. The number of aromatic nitrogens is 3. The van der Waals surface area contributed by atoms with Gasteiger partial charge in [0, 0.05) is 25.6 Å². The van der Waals surface area contributed by atoms with Crippen molar-refractivity contribution in [1.82, 2.24) is 25.4 Å². The normalized spacial score (nSPS) is 16.4. The number of halogens is 2. The molecule has 154 valence electrons. The van der Waals surface area contributed by atoms with Crippen molar-refractivity contribution in [2.24, 2.45) is 4.99 Å². The fourth-order valence-electron chi connectivity index (χ4n) is 3.21. The monoisotopic (exact) mass is 502 g/mol. The number of likely N-dealkylation sites (tertiary alicyclic amines) is 1. The SMILES string of the molecule is CCNC(=NCC(C)Oc1ccccc1F)N1CCC(c2ncn[nH]2)CC1.I. The van der Waals surface area contributed by atoms with Gasteiger partial charge in [-0.2, -0.15) is 5.10 Å². The Morgan fingerprint density at radius 3 is 2.79 bits per heavy atom. The van der Waals surface area contributed by atoms with Crippen LogP contribution in [0.5, 0.6) is 5.75 Å². The van der Waals surface area contributed by atoms with Gasteiger partial charge in [-0.15, -0.1) is 24.0 Å². The maximum Gasteiger partial charge on any atom is 0.194 e. The van der Waals surface area contributed by atoms with Crippen LogP contribution in [0.4, 0.5) is 4.39 Å². The number of aromatic amines is 1. The molecule has 2 heterocycles. The zero-order valence-corrected chi connectivity index (χ0v) is 18.6. The van der Waals surface area contributed by atoms with Gasteiger partial charge < -0.3 is 15.0 Å². The van der Waals surface area contributed by atoms with E-state index in [9.17, 15) is 4.39 Å². The summed E-state index contributed by atoms with van der Waals surface area (Å²) in [7, 11) is 0. The van der Waals surface area contributed by atoms with Crippen molar-refractivity contribution in [3.05, 3.63) is 42.2 Å². The van der Waals surface area contributed by atoms with Crippen LogP contribution in [-0.2, 0) is 0 Å². The van der Waals surface area contributed by atoms with Crippen LogP contribution in [0, 0.1) is 5.82 Å². The van der Waals surface area contributed by atoms with Crippen LogP contribution in [0.3, 0.4) is 0 Å².